The molecule has 0 fully saturated rings. The Morgan fingerprint density at radius 3 is 0.650 bits per heavy atom. The van der Waals surface area contributed by atoms with E-state index in [4.69, 9.17) is 35.5 Å². The minimum atomic E-state index is -2.17. The SMILES string of the molecule is OB(O)O.Oc1ccc(O)cc1.Oc1ccc(O)cc1. The summed E-state index contributed by atoms with van der Waals surface area (Å²) in [5, 5.41) is 56.1. The summed E-state index contributed by atoms with van der Waals surface area (Å²) in [6, 6.07) is 11.4. The second kappa shape index (κ2) is 9.51. The van der Waals surface area contributed by atoms with E-state index in [2.05, 4.69) is 0 Å². The highest BCUT2D eigenvalue weighted by Crippen LogP contribution is 2.13. The van der Waals surface area contributed by atoms with Crippen LogP contribution in [-0.4, -0.2) is 42.8 Å². The first-order valence-corrected chi connectivity index (χ1v) is 5.31. The van der Waals surface area contributed by atoms with Gasteiger partial charge in [0.1, 0.15) is 23.0 Å². The Morgan fingerprint density at radius 2 is 0.550 bits per heavy atom. The molecule has 0 aliphatic rings. The maximum absolute atomic E-state index is 8.65. The van der Waals surface area contributed by atoms with Crippen molar-refractivity contribution in [1.82, 2.24) is 0 Å². The number of aromatic hydroxyl groups is 4. The first-order chi connectivity index (χ1) is 9.31. The highest BCUT2D eigenvalue weighted by molar-refractivity contribution is 6.30. The third-order valence-electron chi connectivity index (χ3n) is 1.70. The number of benzene rings is 2. The molecule has 20 heavy (non-hydrogen) atoms. The van der Waals surface area contributed by atoms with Crippen LogP contribution in [0.2, 0.25) is 0 Å². The van der Waals surface area contributed by atoms with E-state index in [1.807, 2.05) is 0 Å². The van der Waals surface area contributed by atoms with Crippen LogP contribution in [0.3, 0.4) is 0 Å². The molecule has 2 aromatic carbocycles. The van der Waals surface area contributed by atoms with E-state index in [-0.39, 0.29) is 23.0 Å². The van der Waals surface area contributed by atoms with Gasteiger partial charge in [0.2, 0.25) is 0 Å². The second-order valence-corrected chi connectivity index (χ2v) is 3.38. The minimum Gasteiger partial charge on any atom is -0.508 e. The van der Waals surface area contributed by atoms with Gasteiger partial charge in [-0.2, -0.15) is 0 Å². The summed E-state index contributed by atoms with van der Waals surface area (Å²) in [6.45, 7) is 0. The lowest BCUT2D eigenvalue weighted by Crippen LogP contribution is -2.07. The Balaban J connectivity index is 0.000000289. The molecule has 0 bridgehead atoms. The van der Waals surface area contributed by atoms with E-state index >= 15 is 0 Å². The summed E-state index contributed by atoms with van der Waals surface area (Å²) < 4.78 is 0. The third-order valence-corrected chi connectivity index (χ3v) is 1.70. The molecule has 0 aliphatic carbocycles. The molecule has 108 valence electrons. The predicted molar refractivity (Wildman–Crippen MR) is 72.0 cm³/mol. The van der Waals surface area contributed by atoms with Gasteiger partial charge in [-0.3, -0.25) is 0 Å². The van der Waals surface area contributed by atoms with Crippen molar-refractivity contribution in [2.45, 2.75) is 0 Å². The standard InChI is InChI=1S/2C6H6O2.BH3O3/c2*7-5-1-2-6(8)4-3-5;2-1(3)4/h2*1-4,7-8H;2-4H. The molecule has 0 saturated heterocycles. The van der Waals surface area contributed by atoms with E-state index in [0.29, 0.717) is 0 Å². The van der Waals surface area contributed by atoms with Crippen LogP contribution < -0.4 is 0 Å². The highest BCUT2D eigenvalue weighted by atomic mass is 16.5. The van der Waals surface area contributed by atoms with Gasteiger partial charge in [0, 0.05) is 0 Å². The molecule has 8 heteroatoms. The van der Waals surface area contributed by atoms with Crippen molar-refractivity contribution in [3.8, 4) is 23.0 Å². The summed E-state index contributed by atoms with van der Waals surface area (Å²) in [5.74, 6) is 0.677. The Labute approximate surface area is 115 Å². The average Bonchev–Trinajstić information content (AvgIpc) is 2.37. The molecule has 2 aromatic rings. The van der Waals surface area contributed by atoms with Crippen LogP contribution in [0.25, 0.3) is 0 Å². The quantitative estimate of drug-likeness (QED) is 0.269. The van der Waals surface area contributed by atoms with Crippen molar-refractivity contribution in [2.75, 3.05) is 0 Å². The minimum absolute atomic E-state index is 0.169. The monoisotopic (exact) mass is 282 g/mol. The zero-order valence-corrected chi connectivity index (χ0v) is 10.3. The zero-order chi connectivity index (χ0) is 15.5. The van der Waals surface area contributed by atoms with Gasteiger partial charge in [-0.05, 0) is 48.5 Å². The summed E-state index contributed by atoms with van der Waals surface area (Å²) in [7, 11) is -2.17. The Kier molecular flexibility index (Phi) is 8.36. The fourth-order valence-corrected chi connectivity index (χ4v) is 0.905. The first kappa shape index (κ1) is 17.6. The van der Waals surface area contributed by atoms with Crippen molar-refractivity contribution in [3.63, 3.8) is 0 Å². The van der Waals surface area contributed by atoms with Crippen LogP contribution in [0.1, 0.15) is 0 Å². The normalized spacial score (nSPS) is 8.55. The van der Waals surface area contributed by atoms with Crippen molar-refractivity contribution in [3.05, 3.63) is 48.5 Å². The van der Waals surface area contributed by atoms with Gasteiger partial charge in [-0.15, -0.1) is 0 Å². The van der Waals surface area contributed by atoms with Crippen molar-refractivity contribution in [2.24, 2.45) is 0 Å². The highest BCUT2D eigenvalue weighted by Gasteiger charge is 1.92. The summed E-state index contributed by atoms with van der Waals surface area (Å²) in [5.41, 5.74) is 0. The predicted octanol–water partition coefficient (Wildman–Crippen LogP) is 0.144. The number of phenols is 4. The number of rotatable bonds is 0. The maximum Gasteiger partial charge on any atom is 0.631 e. The molecule has 2 rings (SSSR count). The third kappa shape index (κ3) is 10.7. The molecule has 0 amide bonds. The summed E-state index contributed by atoms with van der Waals surface area (Å²) in [6.07, 6.45) is 0. The number of hydrogen-bond acceptors (Lipinski definition) is 7. The van der Waals surface area contributed by atoms with E-state index in [0.717, 1.165) is 0 Å². The number of hydrogen-bond donors (Lipinski definition) is 7. The molecule has 0 atom stereocenters. The zero-order valence-electron chi connectivity index (χ0n) is 10.3. The molecule has 0 unspecified atom stereocenters. The average molecular weight is 282 g/mol. The molecular weight excluding hydrogens is 267 g/mol. The van der Waals surface area contributed by atoms with E-state index in [1.165, 1.54) is 48.5 Å². The van der Waals surface area contributed by atoms with Gasteiger partial charge in [0.05, 0.1) is 0 Å². The number of phenolic OH excluding ortho intramolecular Hbond substituents is 4. The molecule has 0 aliphatic heterocycles. The van der Waals surface area contributed by atoms with Gasteiger partial charge < -0.3 is 35.5 Å². The van der Waals surface area contributed by atoms with Crippen molar-refractivity contribution < 1.29 is 35.5 Å². The van der Waals surface area contributed by atoms with Crippen LogP contribution in [-0.2, 0) is 0 Å². The lowest BCUT2D eigenvalue weighted by atomic mass is 10.3. The van der Waals surface area contributed by atoms with Gasteiger partial charge in [-0.1, -0.05) is 0 Å². The molecule has 7 N–H and O–H groups in total. The Morgan fingerprint density at radius 1 is 0.450 bits per heavy atom. The van der Waals surface area contributed by atoms with Gasteiger partial charge >= 0.3 is 7.32 Å². The largest absolute Gasteiger partial charge is 0.631 e. The molecule has 0 spiro atoms. The lowest BCUT2D eigenvalue weighted by Gasteiger charge is -1.88. The topological polar surface area (TPSA) is 142 Å². The second-order valence-electron chi connectivity index (χ2n) is 3.38. The molecule has 0 heterocycles. The van der Waals surface area contributed by atoms with E-state index in [1.54, 1.807) is 0 Å². The van der Waals surface area contributed by atoms with Crippen LogP contribution in [0.15, 0.2) is 48.5 Å². The van der Waals surface area contributed by atoms with E-state index in [9.17, 15) is 0 Å². The van der Waals surface area contributed by atoms with Crippen LogP contribution in [0.4, 0.5) is 0 Å². The van der Waals surface area contributed by atoms with Crippen LogP contribution in [0, 0.1) is 0 Å². The lowest BCUT2D eigenvalue weighted by molar-refractivity contribution is 0.278. The fourth-order valence-electron chi connectivity index (χ4n) is 0.905. The maximum atomic E-state index is 8.65. The van der Waals surface area contributed by atoms with Gasteiger partial charge in [-0.25, -0.2) is 0 Å². The molecule has 0 aromatic heterocycles. The first-order valence-electron chi connectivity index (χ1n) is 5.31. The Hall–Kier alpha value is -2.42. The molecule has 0 saturated carbocycles. The molecule has 0 radical (unpaired) electrons. The van der Waals surface area contributed by atoms with E-state index < -0.39 is 7.32 Å². The molecule has 7 nitrogen and oxygen atoms in total. The van der Waals surface area contributed by atoms with Gasteiger partial charge in [0.15, 0.2) is 0 Å². The van der Waals surface area contributed by atoms with Crippen molar-refractivity contribution >= 4 is 7.32 Å². The fraction of sp³-hybridized carbons (Fsp3) is 0. The Bertz CT molecular complexity index is 382. The smallest absolute Gasteiger partial charge is 0.508 e. The van der Waals surface area contributed by atoms with Gasteiger partial charge in [0.25, 0.3) is 0 Å². The van der Waals surface area contributed by atoms with Crippen LogP contribution >= 0.6 is 0 Å². The van der Waals surface area contributed by atoms with Crippen LogP contribution in [0.5, 0.6) is 23.0 Å². The molecular formula is C12H15BO7. The van der Waals surface area contributed by atoms with Crippen molar-refractivity contribution in [1.29, 1.82) is 0 Å². The summed E-state index contributed by atoms with van der Waals surface area (Å²) in [4.78, 5) is 0. The summed E-state index contributed by atoms with van der Waals surface area (Å²) >= 11 is 0.